The number of sulfonamides is 1. The fourth-order valence-corrected chi connectivity index (χ4v) is 7.93. The van der Waals surface area contributed by atoms with Crippen LogP contribution >= 0.6 is 0 Å². The predicted octanol–water partition coefficient (Wildman–Crippen LogP) is 2.81. The summed E-state index contributed by atoms with van der Waals surface area (Å²) in [5.41, 5.74) is 0.866. The zero-order valence-electron chi connectivity index (χ0n) is 22.3. The van der Waals surface area contributed by atoms with Gasteiger partial charge < -0.3 is 15.5 Å². The fourth-order valence-electron chi connectivity index (χ4n) is 6.46. The van der Waals surface area contributed by atoms with Crippen molar-refractivity contribution in [2.24, 2.45) is 5.92 Å². The van der Waals surface area contributed by atoms with E-state index in [9.17, 15) is 18.0 Å². The van der Waals surface area contributed by atoms with Gasteiger partial charge >= 0.3 is 0 Å². The lowest BCUT2D eigenvalue weighted by Gasteiger charge is -2.47. The molecule has 1 aromatic rings. The number of piperidine rings is 2. The van der Waals surface area contributed by atoms with Crippen LogP contribution in [0, 0.1) is 12.8 Å². The zero-order valence-corrected chi connectivity index (χ0v) is 23.2. The Bertz CT molecular complexity index is 1060. The van der Waals surface area contributed by atoms with Crippen LogP contribution in [0.25, 0.3) is 0 Å². The van der Waals surface area contributed by atoms with E-state index in [0.29, 0.717) is 43.8 Å². The van der Waals surface area contributed by atoms with E-state index >= 15 is 0 Å². The SMILES string of the molecule is Cc1ccc(S(=O)(=O)N2CCC(C(=O)N3CCC[C@H]3C(=O)NC3CC(C)(C)NC(C)(C)C3)CC2)cc1. The minimum atomic E-state index is -3.57. The Morgan fingerprint density at radius 1 is 0.944 bits per heavy atom. The monoisotopic (exact) mass is 518 g/mol. The molecular formula is C27H42N4O4S. The Balaban J connectivity index is 1.35. The molecule has 1 aromatic carbocycles. The maximum absolute atomic E-state index is 13.4. The van der Waals surface area contributed by atoms with E-state index < -0.39 is 16.1 Å². The van der Waals surface area contributed by atoms with Crippen LogP contribution in [0.4, 0.5) is 0 Å². The van der Waals surface area contributed by atoms with Gasteiger partial charge in [0.1, 0.15) is 6.04 Å². The number of nitrogens with one attached hydrogen (secondary N) is 2. The van der Waals surface area contributed by atoms with Crippen LogP contribution in [0.15, 0.2) is 29.2 Å². The van der Waals surface area contributed by atoms with Gasteiger partial charge in [0.2, 0.25) is 21.8 Å². The van der Waals surface area contributed by atoms with Gasteiger partial charge in [0, 0.05) is 42.7 Å². The lowest BCUT2D eigenvalue weighted by molar-refractivity contribution is -0.143. The topological polar surface area (TPSA) is 98.8 Å². The van der Waals surface area contributed by atoms with Crippen molar-refractivity contribution in [1.29, 1.82) is 0 Å². The zero-order chi connectivity index (χ0) is 26.3. The quantitative estimate of drug-likeness (QED) is 0.625. The molecule has 36 heavy (non-hydrogen) atoms. The van der Waals surface area contributed by atoms with Crippen molar-refractivity contribution in [2.75, 3.05) is 19.6 Å². The number of rotatable bonds is 5. The number of carbonyl (C=O) groups excluding carboxylic acids is 2. The average Bonchev–Trinajstić information content (AvgIpc) is 3.27. The minimum absolute atomic E-state index is 0.00833. The van der Waals surface area contributed by atoms with E-state index in [4.69, 9.17) is 0 Å². The molecule has 8 nitrogen and oxygen atoms in total. The van der Waals surface area contributed by atoms with Crippen molar-refractivity contribution in [2.45, 2.75) is 101 Å². The number of amides is 2. The summed E-state index contributed by atoms with van der Waals surface area (Å²) in [7, 11) is -3.57. The molecule has 9 heteroatoms. The molecule has 0 bridgehead atoms. The highest BCUT2D eigenvalue weighted by Crippen LogP contribution is 2.31. The van der Waals surface area contributed by atoms with Crippen LogP contribution in [0.2, 0.25) is 0 Å². The molecular weight excluding hydrogens is 476 g/mol. The van der Waals surface area contributed by atoms with Crippen molar-refractivity contribution in [1.82, 2.24) is 19.8 Å². The molecule has 0 saturated carbocycles. The predicted molar refractivity (Wildman–Crippen MR) is 140 cm³/mol. The summed E-state index contributed by atoms with van der Waals surface area (Å²) in [5, 5.41) is 6.89. The summed E-state index contributed by atoms with van der Waals surface area (Å²) in [6, 6.07) is 6.51. The van der Waals surface area contributed by atoms with Gasteiger partial charge in [-0.15, -0.1) is 0 Å². The van der Waals surface area contributed by atoms with Crippen molar-refractivity contribution in [3.63, 3.8) is 0 Å². The molecule has 0 aliphatic carbocycles. The number of benzene rings is 1. The second kappa shape index (κ2) is 10.1. The number of hydrogen-bond donors (Lipinski definition) is 2. The number of aryl methyl sites for hydroxylation is 1. The molecule has 0 spiro atoms. The summed E-state index contributed by atoms with van der Waals surface area (Å²) in [6.45, 7) is 11.8. The second-order valence-corrected chi connectivity index (χ2v) is 14.1. The van der Waals surface area contributed by atoms with E-state index in [1.54, 1.807) is 29.2 Å². The molecule has 2 amide bonds. The molecule has 3 fully saturated rings. The van der Waals surface area contributed by atoms with Gasteiger partial charge in [-0.25, -0.2) is 8.42 Å². The van der Waals surface area contributed by atoms with E-state index in [1.165, 1.54) is 4.31 Å². The van der Waals surface area contributed by atoms with Gasteiger partial charge in [-0.05, 0) is 85.3 Å². The van der Waals surface area contributed by atoms with Crippen LogP contribution in [-0.2, 0) is 19.6 Å². The Labute approximate surface area is 216 Å². The molecule has 4 rings (SSSR count). The molecule has 3 heterocycles. The summed E-state index contributed by atoms with van der Waals surface area (Å²) in [6.07, 6.45) is 4.13. The van der Waals surface area contributed by atoms with Gasteiger partial charge in [-0.2, -0.15) is 4.31 Å². The second-order valence-electron chi connectivity index (χ2n) is 12.2. The largest absolute Gasteiger partial charge is 0.351 e. The van der Waals surface area contributed by atoms with Gasteiger partial charge in [-0.1, -0.05) is 17.7 Å². The lowest BCUT2D eigenvalue weighted by atomic mass is 9.79. The summed E-state index contributed by atoms with van der Waals surface area (Å²) in [5.74, 6) is -0.315. The third-order valence-corrected chi connectivity index (χ3v) is 9.75. The molecule has 2 N–H and O–H groups in total. The van der Waals surface area contributed by atoms with Crippen molar-refractivity contribution in [3.05, 3.63) is 29.8 Å². The Kier molecular flexibility index (Phi) is 7.57. The number of likely N-dealkylation sites (tertiary alicyclic amines) is 1. The summed E-state index contributed by atoms with van der Waals surface area (Å²) >= 11 is 0. The molecule has 0 radical (unpaired) electrons. The maximum atomic E-state index is 13.4. The Hall–Kier alpha value is -1.97. The average molecular weight is 519 g/mol. The number of hydrogen-bond acceptors (Lipinski definition) is 5. The van der Waals surface area contributed by atoms with Crippen LogP contribution in [0.5, 0.6) is 0 Å². The van der Waals surface area contributed by atoms with E-state index in [-0.39, 0.29) is 34.9 Å². The van der Waals surface area contributed by atoms with Crippen LogP contribution in [-0.4, -0.2) is 72.2 Å². The molecule has 3 aliphatic rings. The van der Waals surface area contributed by atoms with Crippen molar-refractivity contribution in [3.8, 4) is 0 Å². The first-order chi connectivity index (χ1) is 16.8. The summed E-state index contributed by atoms with van der Waals surface area (Å²) in [4.78, 5) is 28.8. The standard InChI is InChI=1S/C27H42N4O4S/c1-19-8-10-22(11-9-19)36(34,35)30-15-12-20(13-16-30)25(33)31-14-6-7-23(31)24(32)28-21-17-26(2,3)29-27(4,5)18-21/h8-11,20-21,23,29H,6-7,12-18H2,1-5H3,(H,28,32)/t23-/m0/s1. The lowest BCUT2D eigenvalue weighted by Crippen LogP contribution is -2.63. The van der Waals surface area contributed by atoms with Gasteiger partial charge in [-0.3, -0.25) is 9.59 Å². The Morgan fingerprint density at radius 3 is 2.11 bits per heavy atom. The highest BCUT2D eigenvalue weighted by molar-refractivity contribution is 7.89. The number of nitrogens with zero attached hydrogens (tertiary/aromatic N) is 2. The van der Waals surface area contributed by atoms with Crippen molar-refractivity contribution >= 4 is 21.8 Å². The van der Waals surface area contributed by atoms with Crippen LogP contribution in [0.3, 0.4) is 0 Å². The number of carbonyl (C=O) groups is 2. The van der Waals surface area contributed by atoms with Gasteiger partial charge in [0.25, 0.3) is 0 Å². The highest BCUT2D eigenvalue weighted by atomic mass is 32.2. The molecule has 3 saturated heterocycles. The van der Waals surface area contributed by atoms with Gasteiger partial charge in [0.05, 0.1) is 4.90 Å². The smallest absolute Gasteiger partial charge is 0.243 e. The maximum Gasteiger partial charge on any atom is 0.243 e. The Morgan fingerprint density at radius 2 is 1.53 bits per heavy atom. The molecule has 0 aromatic heterocycles. The highest BCUT2D eigenvalue weighted by Gasteiger charge is 2.42. The van der Waals surface area contributed by atoms with E-state index in [1.807, 2.05) is 6.92 Å². The summed E-state index contributed by atoms with van der Waals surface area (Å²) < 4.78 is 27.5. The van der Waals surface area contributed by atoms with Gasteiger partial charge in [0.15, 0.2) is 0 Å². The molecule has 1 atom stereocenters. The fraction of sp³-hybridized carbons (Fsp3) is 0.704. The third kappa shape index (κ3) is 5.94. The van der Waals surface area contributed by atoms with Crippen LogP contribution < -0.4 is 10.6 Å². The third-order valence-electron chi connectivity index (χ3n) is 7.84. The first kappa shape index (κ1) is 27.1. The van der Waals surface area contributed by atoms with E-state index in [2.05, 4.69) is 38.3 Å². The van der Waals surface area contributed by atoms with Crippen molar-refractivity contribution < 1.29 is 18.0 Å². The molecule has 0 unspecified atom stereocenters. The van der Waals surface area contributed by atoms with E-state index in [0.717, 1.165) is 24.8 Å². The van der Waals surface area contributed by atoms with Crippen LogP contribution in [0.1, 0.15) is 71.8 Å². The minimum Gasteiger partial charge on any atom is -0.351 e. The normalized spacial score (nSPS) is 25.6. The first-order valence-electron chi connectivity index (χ1n) is 13.2. The molecule has 3 aliphatic heterocycles. The molecule has 200 valence electrons. The first-order valence-corrected chi connectivity index (χ1v) is 14.7.